The van der Waals surface area contributed by atoms with Crippen molar-refractivity contribution >= 4 is 5.97 Å². The number of aliphatic hydroxyl groups excluding tert-OH is 1. The van der Waals surface area contributed by atoms with Crippen LogP contribution in [0.1, 0.15) is 17.5 Å². The van der Waals surface area contributed by atoms with Gasteiger partial charge in [0, 0.05) is 19.1 Å². The minimum Gasteiger partial charge on any atom is -0.481 e. The van der Waals surface area contributed by atoms with E-state index in [1.165, 1.54) is 12.1 Å². The number of aliphatic carboxylic acids is 1. The van der Waals surface area contributed by atoms with Gasteiger partial charge < -0.3 is 15.5 Å². The predicted octanol–water partition coefficient (Wildman–Crippen LogP) is 2.57. The zero-order valence-electron chi connectivity index (χ0n) is 13.6. The van der Waals surface area contributed by atoms with E-state index in [2.05, 4.69) is 5.32 Å². The topological polar surface area (TPSA) is 69.6 Å². The van der Waals surface area contributed by atoms with E-state index in [4.69, 9.17) is 10.2 Å². The van der Waals surface area contributed by atoms with Crippen LogP contribution in [0.3, 0.4) is 0 Å². The van der Waals surface area contributed by atoms with Crippen LogP contribution < -0.4 is 5.32 Å². The van der Waals surface area contributed by atoms with E-state index in [0.29, 0.717) is 6.42 Å². The third-order valence-corrected chi connectivity index (χ3v) is 4.29. The first-order valence-corrected chi connectivity index (χ1v) is 7.83. The zero-order chi connectivity index (χ0) is 17.6. The summed E-state index contributed by atoms with van der Waals surface area (Å²) in [5.74, 6) is -1.13. The minimum atomic E-state index is -0.831. The van der Waals surface area contributed by atoms with Gasteiger partial charge in [-0.2, -0.15) is 0 Å². The molecule has 0 saturated heterocycles. The maximum absolute atomic E-state index is 12.3. The molecule has 4 nitrogen and oxygen atoms in total. The van der Waals surface area contributed by atoms with Crippen molar-refractivity contribution in [3.63, 3.8) is 0 Å². The minimum absolute atomic E-state index is 0.0544. The standard InChI is InChI=1S/C11H12O3.C8H10FN/c12-7-9-6-11(9,10(13)14)8-4-2-1-3-5-8;1-10-6-7-2-4-8(9)5-3-7/h1-5,9,12H,6-7H2,(H,13,14);2-5,10H,6H2,1H3/t9-,11+;/m0./s1. The Bertz CT molecular complexity index is 660. The lowest BCUT2D eigenvalue weighted by Crippen LogP contribution is -2.23. The van der Waals surface area contributed by atoms with E-state index in [1.807, 2.05) is 37.4 Å². The third kappa shape index (κ3) is 3.99. The van der Waals surface area contributed by atoms with Crippen LogP contribution in [0, 0.1) is 11.7 Å². The molecule has 1 aliphatic rings. The Hall–Kier alpha value is -2.24. The molecule has 3 N–H and O–H groups in total. The molecule has 0 amide bonds. The summed E-state index contributed by atoms with van der Waals surface area (Å²) in [7, 11) is 1.86. The van der Waals surface area contributed by atoms with Gasteiger partial charge >= 0.3 is 5.97 Å². The number of carbonyl (C=O) groups is 1. The van der Waals surface area contributed by atoms with Crippen LogP contribution >= 0.6 is 0 Å². The van der Waals surface area contributed by atoms with Crippen LogP contribution in [0.2, 0.25) is 0 Å². The van der Waals surface area contributed by atoms with Gasteiger partial charge in [-0.15, -0.1) is 0 Å². The molecule has 128 valence electrons. The molecule has 0 heterocycles. The Kier molecular flexibility index (Phi) is 6.06. The molecule has 1 fully saturated rings. The van der Waals surface area contributed by atoms with Gasteiger partial charge in [0.05, 0.1) is 5.41 Å². The summed E-state index contributed by atoms with van der Waals surface area (Å²) in [5, 5.41) is 21.1. The molecule has 0 bridgehead atoms. The molecule has 0 radical (unpaired) electrons. The molecule has 0 aliphatic heterocycles. The number of carboxylic acids is 1. The van der Waals surface area contributed by atoms with Crippen molar-refractivity contribution in [2.45, 2.75) is 18.4 Å². The number of nitrogens with one attached hydrogen (secondary N) is 1. The first kappa shape index (κ1) is 18.1. The largest absolute Gasteiger partial charge is 0.481 e. The van der Waals surface area contributed by atoms with Gasteiger partial charge in [0.2, 0.25) is 0 Å². The SMILES string of the molecule is CNCc1ccc(F)cc1.O=C(O)[C@@]1(c2ccccc2)C[C@H]1CO. The number of hydrogen-bond donors (Lipinski definition) is 3. The summed E-state index contributed by atoms with van der Waals surface area (Å²) in [6.45, 7) is 0.738. The maximum Gasteiger partial charge on any atom is 0.314 e. The summed E-state index contributed by atoms with van der Waals surface area (Å²) in [6.07, 6.45) is 0.544. The molecule has 5 heteroatoms. The van der Waals surface area contributed by atoms with E-state index < -0.39 is 11.4 Å². The van der Waals surface area contributed by atoms with Crippen LogP contribution in [-0.4, -0.2) is 29.8 Å². The average molecular weight is 331 g/mol. The Morgan fingerprint density at radius 2 is 1.83 bits per heavy atom. The quantitative estimate of drug-likeness (QED) is 0.788. The molecule has 0 unspecified atom stereocenters. The molecule has 0 aromatic heterocycles. The first-order chi connectivity index (χ1) is 11.5. The lowest BCUT2D eigenvalue weighted by Gasteiger charge is -2.11. The lowest BCUT2D eigenvalue weighted by molar-refractivity contribution is -0.140. The second-order valence-corrected chi connectivity index (χ2v) is 5.88. The zero-order valence-corrected chi connectivity index (χ0v) is 13.6. The second-order valence-electron chi connectivity index (χ2n) is 5.88. The molecular weight excluding hydrogens is 309 g/mol. The first-order valence-electron chi connectivity index (χ1n) is 7.83. The van der Waals surface area contributed by atoms with Crippen LogP contribution in [0.5, 0.6) is 0 Å². The van der Waals surface area contributed by atoms with Crippen molar-refractivity contribution in [1.82, 2.24) is 5.32 Å². The number of halogens is 1. The van der Waals surface area contributed by atoms with E-state index in [0.717, 1.165) is 17.7 Å². The number of rotatable bonds is 5. The van der Waals surface area contributed by atoms with Crippen molar-refractivity contribution in [1.29, 1.82) is 0 Å². The average Bonchev–Trinajstić information content (AvgIpc) is 3.35. The fraction of sp³-hybridized carbons (Fsp3) is 0.316. The van der Waals surface area contributed by atoms with Crippen LogP contribution in [0.4, 0.5) is 4.39 Å². The molecule has 1 saturated carbocycles. The number of hydrogen-bond acceptors (Lipinski definition) is 3. The molecular formula is C19H22FNO3. The van der Waals surface area contributed by atoms with Gasteiger partial charge in [0.15, 0.2) is 0 Å². The van der Waals surface area contributed by atoms with Crippen molar-refractivity contribution in [3.05, 3.63) is 71.5 Å². The number of benzene rings is 2. The van der Waals surface area contributed by atoms with Crippen molar-refractivity contribution in [2.75, 3.05) is 13.7 Å². The molecule has 1 aliphatic carbocycles. The summed E-state index contributed by atoms with van der Waals surface area (Å²) >= 11 is 0. The van der Waals surface area contributed by atoms with Gasteiger partial charge in [-0.05, 0) is 36.7 Å². The summed E-state index contributed by atoms with van der Waals surface area (Å²) < 4.78 is 12.3. The Labute approximate surface area is 141 Å². The van der Waals surface area contributed by atoms with E-state index >= 15 is 0 Å². The van der Waals surface area contributed by atoms with Gasteiger partial charge in [-0.25, -0.2) is 4.39 Å². The normalized spacial score (nSPS) is 21.5. The van der Waals surface area contributed by atoms with E-state index in [1.54, 1.807) is 12.1 Å². The van der Waals surface area contributed by atoms with Gasteiger partial charge in [0.1, 0.15) is 5.82 Å². The number of carboxylic acid groups (broad SMARTS) is 1. The lowest BCUT2D eigenvalue weighted by atomic mass is 9.93. The van der Waals surface area contributed by atoms with Gasteiger partial charge in [0.25, 0.3) is 0 Å². The highest BCUT2D eigenvalue weighted by atomic mass is 19.1. The second kappa shape index (κ2) is 8.04. The Balaban J connectivity index is 0.000000185. The fourth-order valence-corrected chi connectivity index (χ4v) is 2.83. The number of aliphatic hydroxyl groups is 1. The highest BCUT2D eigenvalue weighted by molar-refractivity contribution is 5.85. The van der Waals surface area contributed by atoms with Crippen molar-refractivity contribution in [3.8, 4) is 0 Å². The highest BCUT2D eigenvalue weighted by Gasteiger charge is 2.61. The molecule has 2 atom stereocenters. The van der Waals surface area contributed by atoms with Crippen molar-refractivity contribution < 1.29 is 19.4 Å². The van der Waals surface area contributed by atoms with E-state index in [-0.39, 0.29) is 18.3 Å². The molecule has 24 heavy (non-hydrogen) atoms. The summed E-state index contributed by atoms with van der Waals surface area (Å²) in [6, 6.07) is 15.6. The fourth-order valence-electron chi connectivity index (χ4n) is 2.83. The Morgan fingerprint density at radius 1 is 1.21 bits per heavy atom. The molecule has 2 aromatic rings. The smallest absolute Gasteiger partial charge is 0.314 e. The summed E-state index contributed by atoms with van der Waals surface area (Å²) in [4.78, 5) is 11.1. The van der Waals surface area contributed by atoms with Crippen LogP contribution in [0.25, 0.3) is 0 Å². The summed E-state index contributed by atoms with van der Waals surface area (Å²) in [5.41, 5.74) is 1.08. The van der Waals surface area contributed by atoms with Gasteiger partial charge in [-0.3, -0.25) is 4.79 Å². The van der Waals surface area contributed by atoms with Crippen LogP contribution in [0.15, 0.2) is 54.6 Å². The maximum atomic E-state index is 12.3. The van der Waals surface area contributed by atoms with Crippen LogP contribution in [-0.2, 0) is 16.8 Å². The molecule has 2 aromatic carbocycles. The molecule has 3 rings (SSSR count). The third-order valence-electron chi connectivity index (χ3n) is 4.29. The monoisotopic (exact) mass is 331 g/mol. The van der Waals surface area contributed by atoms with E-state index in [9.17, 15) is 9.18 Å². The van der Waals surface area contributed by atoms with Gasteiger partial charge in [-0.1, -0.05) is 42.5 Å². The predicted molar refractivity (Wildman–Crippen MR) is 90.1 cm³/mol. The highest BCUT2D eigenvalue weighted by Crippen LogP contribution is 2.54. The van der Waals surface area contributed by atoms with Crippen molar-refractivity contribution in [2.24, 2.45) is 5.92 Å². The Morgan fingerprint density at radius 3 is 2.29 bits per heavy atom. The molecule has 0 spiro atoms.